The van der Waals surface area contributed by atoms with Crippen molar-refractivity contribution in [2.24, 2.45) is 5.84 Å². The van der Waals surface area contributed by atoms with Gasteiger partial charge in [-0.05, 0) is 25.5 Å². The number of anilines is 1. The number of nitrogens with two attached hydrogens (primary N) is 1. The van der Waals surface area contributed by atoms with E-state index in [1.54, 1.807) is 6.26 Å². The summed E-state index contributed by atoms with van der Waals surface area (Å²) < 4.78 is 5.25. The average Bonchev–Trinajstić information content (AvgIpc) is 2.98. The molecule has 0 radical (unpaired) electrons. The van der Waals surface area contributed by atoms with Crippen molar-refractivity contribution in [1.82, 2.24) is 15.3 Å². The van der Waals surface area contributed by atoms with Gasteiger partial charge in [0.15, 0.2) is 5.82 Å². The Balaban J connectivity index is 1.86. The highest BCUT2D eigenvalue weighted by molar-refractivity contribution is 5.92. The monoisotopic (exact) mass is 275 g/mol. The lowest BCUT2D eigenvalue weighted by Crippen LogP contribution is -2.33. The van der Waals surface area contributed by atoms with Crippen LogP contribution in [0.1, 0.15) is 29.6 Å². The van der Waals surface area contributed by atoms with E-state index in [1.807, 2.05) is 19.1 Å². The molecule has 0 aliphatic carbocycles. The van der Waals surface area contributed by atoms with E-state index in [0.717, 1.165) is 18.6 Å². The lowest BCUT2D eigenvalue weighted by Gasteiger charge is -2.12. The molecule has 0 saturated heterocycles. The zero-order chi connectivity index (χ0) is 14.4. The smallest absolute Gasteiger partial charge is 0.271 e. The zero-order valence-corrected chi connectivity index (χ0v) is 11.2. The molecule has 1 unspecified atom stereocenters. The summed E-state index contributed by atoms with van der Waals surface area (Å²) in [6, 6.07) is 3.76. The van der Waals surface area contributed by atoms with E-state index in [9.17, 15) is 4.79 Å². The topological polar surface area (TPSA) is 106 Å². The molecular formula is C13H17N5O2. The van der Waals surface area contributed by atoms with Gasteiger partial charge < -0.3 is 15.2 Å². The Labute approximate surface area is 116 Å². The molecule has 0 spiro atoms. The van der Waals surface area contributed by atoms with Crippen LogP contribution in [0.3, 0.4) is 0 Å². The van der Waals surface area contributed by atoms with Crippen molar-refractivity contribution >= 4 is 11.7 Å². The number of nitrogens with one attached hydrogen (secondary N) is 2. The van der Waals surface area contributed by atoms with Crippen LogP contribution in [0.15, 0.2) is 35.2 Å². The molecule has 0 aliphatic heterocycles. The van der Waals surface area contributed by atoms with Crippen molar-refractivity contribution in [2.45, 2.75) is 25.8 Å². The first-order chi connectivity index (χ1) is 9.69. The summed E-state index contributed by atoms with van der Waals surface area (Å²) in [4.78, 5) is 19.9. The van der Waals surface area contributed by atoms with Crippen LogP contribution in [-0.2, 0) is 6.42 Å². The predicted octanol–water partition coefficient (Wildman–Crippen LogP) is 1.11. The molecule has 1 amide bonds. The van der Waals surface area contributed by atoms with Crippen molar-refractivity contribution in [3.8, 4) is 0 Å². The number of rotatable bonds is 6. The fraction of sp³-hybridized carbons (Fsp3) is 0.308. The Morgan fingerprint density at radius 3 is 3.05 bits per heavy atom. The van der Waals surface area contributed by atoms with Gasteiger partial charge >= 0.3 is 0 Å². The molecule has 2 aromatic rings. The van der Waals surface area contributed by atoms with Crippen molar-refractivity contribution in [1.29, 1.82) is 0 Å². The summed E-state index contributed by atoms with van der Waals surface area (Å²) in [6.45, 7) is 1.93. The third-order valence-corrected chi connectivity index (χ3v) is 2.80. The van der Waals surface area contributed by atoms with Crippen molar-refractivity contribution < 1.29 is 9.21 Å². The highest BCUT2D eigenvalue weighted by Crippen LogP contribution is 2.06. The number of furan rings is 1. The first-order valence-electron chi connectivity index (χ1n) is 6.31. The summed E-state index contributed by atoms with van der Waals surface area (Å²) in [5.41, 5.74) is 2.58. The molecule has 2 aromatic heterocycles. The van der Waals surface area contributed by atoms with Crippen LogP contribution in [0.5, 0.6) is 0 Å². The molecule has 106 valence electrons. The fourth-order valence-corrected chi connectivity index (χ4v) is 1.73. The van der Waals surface area contributed by atoms with Crippen LogP contribution in [-0.4, -0.2) is 21.9 Å². The molecule has 0 saturated carbocycles. The van der Waals surface area contributed by atoms with Gasteiger partial charge in [0.2, 0.25) is 0 Å². The maximum absolute atomic E-state index is 12.0. The largest absolute Gasteiger partial charge is 0.469 e. The fourth-order valence-electron chi connectivity index (χ4n) is 1.73. The molecule has 7 nitrogen and oxygen atoms in total. The standard InChI is InChI=1S/C13H17N5O2/c1-9(4-5-10-3-2-6-20-10)16-13(19)11-7-15-8-12(17-11)18-14/h2-3,6-9H,4-5,14H2,1H3,(H,16,19)(H,17,18). The number of hydrazine groups is 1. The third kappa shape index (κ3) is 3.79. The first-order valence-corrected chi connectivity index (χ1v) is 6.31. The number of amides is 1. The second kappa shape index (κ2) is 6.67. The number of nitrogen functional groups attached to an aromatic ring is 1. The number of aromatic nitrogens is 2. The Hall–Kier alpha value is -2.41. The van der Waals surface area contributed by atoms with E-state index in [1.165, 1.54) is 12.4 Å². The van der Waals surface area contributed by atoms with Crippen LogP contribution in [0, 0.1) is 0 Å². The van der Waals surface area contributed by atoms with Gasteiger partial charge in [-0.2, -0.15) is 0 Å². The number of hydrogen-bond donors (Lipinski definition) is 3. The molecule has 2 rings (SSSR count). The molecule has 7 heteroatoms. The minimum atomic E-state index is -0.276. The van der Waals surface area contributed by atoms with Crippen LogP contribution in [0.25, 0.3) is 0 Å². The van der Waals surface area contributed by atoms with Gasteiger partial charge in [-0.1, -0.05) is 0 Å². The molecule has 0 aromatic carbocycles. The van der Waals surface area contributed by atoms with Gasteiger partial charge in [-0.15, -0.1) is 0 Å². The molecule has 0 aliphatic rings. The molecule has 0 fully saturated rings. The van der Waals surface area contributed by atoms with Gasteiger partial charge in [-0.25, -0.2) is 10.8 Å². The summed E-state index contributed by atoms with van der Waals surface area (Å²) in [5.74, 6) is 6.20. The number of aryl methyl sites for hydroxylation is 1. The van der Waals surface area contributed by atoms with Crippen molar-refractivity contribution in [3.63, 3.8) is 0 Å². The van der Waals surface area contributed by atoms with Gasteiger partial charge in [0.1, 0.15) is 11.5 Å². The third-order valence-electron chi connectivity index (χ3n) is 2.80. The number of carbonyl (C=O) groups excluding carboxylic acids is 1. The SMILES string of the molecule is CC(CCc1ccco1)NC(=O)c1cncc(NN)n1. The quantitative estimate of drug-likeness (QED) is 0.538. The minimum Gasteiger partial charge on any atom is -0.469 e. The second-order valence-corrected chi connectivity index (χ2v) is 4.43. The molecular weight excluding hydrogens is 258 g/mol. The van der Waals surface area contributed by atoms with Crippen LogP contribution < -0.4 is 16.6 Å². The lowest BCUT2D eigenvalue weighted by molar-refractivity contribution is 0.0932. The summed E-state index contributed by atoms with van der Waals surface area (Å²) in [5, 5.41) is 2.86. The molecule has 20 heavy (non-hydrogen) atoms. The maximum atomic E-state index is 12.0. The van der Waals surface area contributed by atoms with Crippen LogP contribution in [0.2, 0.25) is 0 Å². The Morgan fingerprint density at radius 2 is 2.35 bits per heavy atom. The van der Waals surface area contributed by atoms with Gasteiger partial charge in [-0.3, -0.25) is 9.78 Å². The van der Waals surface area contributed by atoms with Gasteiger partial charge in [0.25, 0.3) is 5.91 Å². The highest BCUT2D eigenvalue weighted by Gasteiger charge is 2.12. The zero-order valence-electron chi connectivity index (χ0n) is 11.2. The molecule has 0 bridgehead atoms. The average molecular weight is 275 g/mol. The van der Waals surface area contributed by atoms with Gasteiger partial charge in [0, 0.05) is 12.5 Å². The molecule has 4 N–H and O–H groups in total. The van der Waals surface area contributed by atoms with Crippen molar-refractivity contribution in [2.75, 3.05) is 5.43 Å². The highest BCUT2D eigenvalue weighted by atomic mass is 16.3. The summed E-state index contributed by atoms with van der Waals surface area (Å²) in [7, 11) is 0. The first kappa shape index (κ1) is 14.0. The summed E-state index contributed by atoms with van der Waals surface area (Å²) >= 11 is 0. The number of hydrogen-bond acceptors (Lipinski definition) is 6. The van der Waals surface area contributed by atoms with Crippen LogP contribution in [0.4, 0.5) is 5.82 Å². The second-order valence-electron chi connectivity index (χ2n) is 4.43. The van der Waals surface area contributed by atoms with Crippen LogP contribution >= 0.6 is 0 Å². The Kier molecular flexibility index (Phi) is 4.67. The molecule has 2 heterocycles. The van der Waals surface area contributed by atoms with E-state index in [-0.39, 0.29) is 17.6 Å². The number of carbonyl (C=O) groups is 1. The van der Waals surface area contributed by atoms with E-state index < -0.39 is 0 Å². The van der Waals surface area contributed by atoms with Gasteiger partial charge in [0.05, 0.1) is 18.7 Å². The summed E-state index contributed by atoms with van der Waals surface area (Å²) in [6.07, 6.45) is 6.03. The van der Waals surface area contributed by atoms with E-state index in [2.05, 4.69) is 20.7 Å². The minimum absolute atomic E-state index is 0.00360. The van der Waals surface area contributed by atoms with E-state index in [0.29, 0.717) is 5.82 Å². The molecule has 1 atom stereocenters. The Bertz CT molecular complexity index is 556. The maximum Gasteiger partial charge on any atom is 0.271 e. The van der Waals surface area contributed by atoms with E-state index in [4.69, 9.17) is 10.3 Å². The van der Waals surface area contributed by atoms with Crippen molar-refractivity contribution in [3.05, 3.63) is 42.2 Å². The number of nitrogens with zero attached hydrogens (tertiary/aromatic N) is 2. The normalized spacial score (nSPS) is 11.9. The van der Waals surface area contributed by atoms with E-state index >= 15 is 0 Å². The predicted molar refractivity (Wildman–Crippen MR) is 73.8 cm³/mol. The Morgan fingerprint density at radius 1 is 1.50 bits per heavy atom. The lowest BCUT2D eigenvalue weighted by atomic mass is 10.1.